The Labute approximate surface area is 118 Å². The largest absolute Gasteiger partial charge is 0.356 e. The molecule has 20 heavy (non-hydrogen) atoms. The van der Waals surface area contributed by atoms with Crippen molar-refractivity contribution in [3.05, 3.63) is 72.0 Å². The molecule has 1 aromatic carbocycles. The maximum absolute atomic E-state index is 11.1. The number of ether oxygens (including phenoxy) is 1. The molecule has 3 nitrogen and oxygen atoms in total. The number of rotatable bonds is 5. The second kappa shape index (κ2) is 5.88. The predicted molar refractivity (Wildman–Crippen MR) is 77.6 cm³/mol. The number of aldehydes is 1. The third kappa shape index (κ3) is 2.58. The van der Waals surface area contributed by atoms with Gasteiger partial charge < -0.3 is 9.64 Å². The van der Waals surface area contributed by atoms with E-state index in [-0.39, 0.29) is 12.0 Å². The molecule has 1 aromatic rings. The average Bonchev–Trinajstić information content (AvgIpc) is 2.87. The van der Waals surface area contributed by atoms with Gasteiger partial charge in [-0.05, 0) is 5.56 Å². The van der Waals surface area contributed by atoms with Crippen molar-refractivity contribution in [2.45, 2.75) is 12.6 Å². The van der Waals surface area contributed by atoms with E-state index in [4.69, 9.17) is 4.74 Å². The van der Waals surface area contributed by atoms with E-state index in [9.17, 15) is 4.79 Å². The first-order valence-electron chi connectivity index (χ1n) is 6.78. The molecule has 2 aliphatic rings. The van der Waals surface area contributed by atoms with Gasteiger partial charge in [-0.15, -0.1) is 0 Å². The molecule has 3 heteroatoms. The molecule has 2 unspecified atom stereocenters. The zero-order chi connectivity index (χ0) is 13.8. The van der Waals surface area contributed by atoms with Crippen molar-refractivity contribution in [1.82, 2.24) is 4.90 Å². The fraction of sp³-hybridized carbons (Fsp3) is 0.235. The summed E-state index contributed by atoms with van der Waals surface area (Å²) in [6.07, 6.45) is 11.1. The summed E-state index contributed by atoms with van der Waals surface area (Å²) in [7, 11) is 0. The Kier molecular flexibility index (Phi) is 3.79. The second-order valence-corrected chi connectivity index (χ2v) is 5.01. The Hall–Kier alpha value is -2.13. The van der Waals surface area contributed by atoms with E-state index in [0.717, 1.165) is 17.4 Å². The molecule has 0 aromatic heterocycles. The minimum absolute atomic E-state index is 0.165. The van der Waals surface area contributed by atoms with Crippen LogP contribution in [-0.2, 0) is 16.1 Å². The van der Waals surface area contributed by atoms with Gasteiger partial charge in [-0.3, -0.25) is 4.79 Å². The normalized spacial score (nSPS) is 23.6. The summed E-state index contributed by atoms with van der Waals surface area (Å²) in [5.74, 6) is 0.165. The lowest BCUT2D eigenvalue weighted by Crippen LogP contribution is -2.32. The molecule has 0 radical (unpaired) electrons. The van der Waals surface area contributed by atoms with Crippen LogP contribution >= 0.6 is 0 Å². The number of hydrogen-bond donors (Lipinski definition) is 0. The van der Waals surface area contributed by atoms with Crippen molar-refractivity contribution < 1.29 is 9.53 Å². The highest BCUT2D eigenvalue weighted by atomic mass is 16.5. The van der Waals surface area contributed by atoms with E-state index in [1.807, 2.05) is 48.7 Å². The molecule has 2 atom stereocenters. The maximum atomic E-state index is 11.1. The lowest BCUT2D eigenvalue weighted by Gasteiger charge is -2.27. The van der Waals surface area contributed by atoms with Gasteiger partial charge in [0.15, 0.2) is 0 Å². The molecule has 0 spiro atoms. The van der Waals surface area contributed by atoms with E-state index < -0.39 is 0 Å². The molecule has 1 heterocycles. The molecule has 0 bridgehead atoms. The van der Waals surface area contributed by atoms with Gasteiger partial charge in [-0.2, -0.15) is 0 Å². The molecule has 0 N–H and O–H groups in total. The highest BCUT2D eigenvalue weighted by molar-refractivity contribution is 5.76. The van der Waals surface area contributed by atoms with Crippen molar-refractivity contribution in [3.63, 3.8) is 0 Å². The fourth-order valence-corrected chi connectivity index (χ4v) is 2.66. The number of nitrogens with zero attached hydrogens (tertiary/aromatic N) is 1. The Morgan fingerprint density at radius 2 is 1.95 bits per heavy atom. The first-order valence-corrected chi connectivity index (χ1v) is 6.78. The smallest absolute Gasteiger partial charge is 0.148 e. The van der Waals surface area contributed by atoms with Crippen LogP contribution in [-0.4, -0.2) is 24.0 Å². The SMILES string of the molecule is O=CC1=CN(COCc2ccccc2)C2C=CC=CC12. The summed E-state index contributed by atoms with van der Waals surface area (Å²) in [5.41, 5.74) is 1.97. The third-order valence-corrected chi connectivity index (χ3v) is 3.68. The molecule has 0 saturated carbocycles. The molecule has 0 fully saturated rings. The first kappa shape index (κ1) is 12.9. The molecule has 0 amide bonds. The summed E-state index contributed by atoms with van der Waals surface area (Å²) >= 11 is 0. The van der Waals surface area contributed by atoms with E-state index in [0.29, 0.717) is 13.3 Å². The number of allylic oxidation sites excluding steroid dienone is 2. The zero-order valence-electron chi connectivity index (χ0n) is 11.2. The van der Waals surface area contributed by atoms with Crippen LogP contribution in [0.25, 0.3) is 0 Å². The van der Waals surface area contributed by atoms with Crippen LogP contribution in [0.3, 0.4) is 0 Å². The standard InChI is InChI=1S/C17H17NO2/c19-11-15-10-18(17-9-5-4-8-16(15)17)13-20-12-14-6-2-1-3-7-14/h1-11,16-17H,12-13H2. The van der Waals surface area contributed by atoms with Crippen molar-refractivity contribution in [2.75, 3.05) is 6.73 Å². The molecule has 3 rings (SSSR count). The van der Waals surface area contributed by atoms with Gasteiger partial charge in [-0.25, -0.2) is 0 Å². The zero-order valence-corrected chi connectivity index (χ0v) is 11.2. The quantitative estimate of drug-likeness (QED) is 0.768. The van der Waals surface area contributed by atoms with Gasteiger partial charge in [-0.1, -0.05) is 54.6 Å². The fourth-order valence-electron chi connectivity index (χ4n) is 2.66. The minimum atomic E-state index is 0.165. The van der Waals surface area contributed by atoms with Crippen LogP contribution in [0.1, 0.15) is 5.56 Å². The van der Waals surface area contributed by atoms with Crippen molar-refractivity contribution >= 4 is 6.29 Å². The maximum Gasteiger partial charge on any atom is 0.148 e. The minimum Gasteiger partial charge on any atom is -0.356 e. The van der Waals surface area contributed by atoms with Crippen LogP contribution < -0.4 is 0 Å². The third-order valence-electron chi connectivity index (χ3n) is 3.68. The van der Waals surface area contributed by atoms with Gasteiger partial charge in [0.05, 0.1) is 12.6 Å². The molecule has 102 valence electrons. The molecular weight excluding hydrogens is 250 g/mol. The summed E-state index contributed by atoms with van der Waals surface area (Å²) in [4.78, 5) is 13.2. The monoisotopic (exact) mass is 267 g/mol. The number of carbonyl (C=O) groups excluding carboxylic acids is 1. The van der Waals surface area contributed by atoms with Gasteiger partial charge in [0, 0.05) is 17.7 Å². The number of hydrogen-bond acceptors (Lipinski definition) is 3. The molecule has 1 aliphatic heterocycles. The van der Waals surface area contributed by atoms with Crippen LogP contribution in [0.2, 0.25) is 0 Å². The highest BCUT2D eigenvalue weighted by Crippen LogP contribution is 2.31. The van der Waals surface area contributed by atoms with E-state index in [2.05, 4.69) is 17.1 Å². The van der Waals surface area contributed by atoms with Crippen LogP contribution in [0, 0.1) is 5.92 Å². The number of carbonyl (C=O) groups is 1. The van der Waals surface area contributed by atoms with Gasteiger partial charge >= 0.3 is 0 Å². The van der Waals surface area contributed by atoms with Crippen LogP contribution in [0.5, 0.6) is 0 Å². The van der Waals surface area contributed by atoms with Gasteiger partial charge in [0.25, 0.3) is 0 Å². The van der Waals surface area contributed by atoms with Crippen molar-refractivity contribution in [1.29, 1.82) is 0 Å². The Bertz CT molecular complexity index is 560. The Morgan fingerprint density at radius 1 is 1.15 bits per heavy atom. The first-order chi connectivity index (χ1) is 9.88. The summed E-state index contributed by atoms with van der Waals surface area (Å²) < 4.78 is 5.75. The topological polar surface area (TPSA) is 29.5 Å². The Morgan fingerprint density at radius 3 is 2.75 bits per heavy atom. The van der Waals surface area contributed by atoms with Crippen molar-refractivity contribution in [2.24, 2.45) is 5.92 Å². The van der Waals surface area contributed by atoms with E-state index >= 15 is 0 Å². The van der Waals surface area contributed by atoms with Crippen molar-refractivity contribution in [3.8, 4) is 0 Å². The Balaban J connectivity index is 1.60. The van der Waals surface area contributed by atoms with Gasteiger partial charge in [0.2, 0.25) is 0 Å². The highest BCUT2D eigenvalue weighted by Gasteiger charge is 2.32. The van der Waals surface area contributed by atoms with E-state index in [1.54, 1.807) is 0 Å². The summed E-state index contributed by atoms with van der Waals surface area (Å²) in [5, 5.41) is 0. The summed E-state index contributed by atoms with van der Waals surface area (Å²) in [6, 6.07) is 10.3. The summed E-state index contributed by atoms with van der Waals surface area (Å²) in [6.45, 7) is 1.07. The lowest BCUT2D eigenvalue weighted by atomic mass is 9.92. The van der Waals surface area contributed by atoms with E-state index in [1.165, 1.54) is 0 Å². The molecule has 0 saturated heterocycles. The molecule has 1 aliphatic carbocycles. The van der Waals surface area contributed by atoms with Crippen LogP contribution in [0.15, 0.2) is 66.4 Å². The predicted octanol–water partition coefficient (Wildman–Crippen LogP) is 2.67. The second-order valence-electron chi connectivity index (χ2n) is 5.01. The number of benzene rings is 1. The average molecular weight is 267 g/mol. The number of fused-ring (bicyclic) bond motifs is 1. The lowest BCUT2D eigenvalue weighted by molar-refractivity contribution is -0.105. The molecular formula is C17H17NO2. The van der Waals surface area contributed by atoms with Crippen LogP contribution in [0.4, 0.5) is 0 Å². The van der Waals surface area contributed by atoms with Gasteiger partial charge in [0.1, 0.15) is 13.0 Å².